The lowest BCUT2D eigenvalue weighted by atomic mass is 9.92. The van der Waals surface area contributed by atoms with Crippen molar-refractivity contribution in [2.24, 2.45) is 5.92 Å². The molecule has 17 heavy (non-hydrogen) atoms. The zero-order chi connectivity index (χ0) is 13.9. The summed E-state index contributed by atoms with van der Waals surface area (Å²) in [5.41, 5.74) is 0.471. The van der Waals surface area contributed by atoms with Gasteiger partial charge in [0.05, 0.1) is 0 Å². The van der Waals surface area contributed by atoms with Gasteiger partial charge in [0.1, 0.15) is 0 Å². The highest BCUT2D eigenvalue weighted by atomic mass is 15.2. The Bertz CT molecular complexity index is 213. The number of likely N-dealkylation sites (N-methyl/N-ethyl adjacent to an activating group) is 1. The number of nitrogens with one attached hydrogen (secondary N) is 1. The summed E-state index contributed by atoms with van der Waals surface area (Å²) >= 11 is 0. The van der Waals surface area contributed by atoms with Crippen molar-refractivity contribution in [3.8, 4) is 0 Å². The summed E-state index contributed by atoms with van der Waals surface area (Å²) in [6, 6.07) is 0.587. The van der Waals surface area contributed by atoms with Gasteiger partial charge in [-0.05, 0) is 54.0 Å². The number of nitrogens with zero attached hydrogens (tertiary/aromatic N) is 1. The first kappa shape index (κ1) is 16.9. The molecule has 0 aliphatic heterocycles. The van der Waals surface area contributed by atoms with E-state index in [0.717, 1.165) is 6.54 Å². The highest BCUT2D eigenvalue weighted by molar-refractivity contribution is 4.87. The van der Waals surface area contributed by atoms with Crippen LogP contribution in [-0.4, -0.2) is 35.6 Å². The Morgan fingerprint density at radius 1 is 1.06 bits per heavy atom. The van der Waals surface area contributed by atoms with Gasteiger partial charge in [0, 0.05) is 23.7 Å². The van der Waals surface area contributed by atoms with Crippen molar-refractivity contribution < 1.29 is 0 Å². The van der Waals surface area contributed by atoms with Gasteiger partial charge in [-0.15, -0.1) is 0 Å². The van der Waals surface area contributed by atoms with Gasteiger partial charge < -0.3 is 5.32 Å². The average Bonchev–Trinajstić information content (AvgIpc) is 2.15. The van der Waals surface area contributed by atoms with Gasteiger partial charge in [-0.25, -0.2) is 0 Å². The molecule has 0 aliphatic rings. The lowest BCUT2D eigenvalue weighted by Crippen LogP contribution is -2.55. The molecular formula is C15H34N2. The minimum Gasteiger partial charge on any atom is -0.311 e. The molecular weight excluding hydrogens is 208 g/mol. The van der Waals surface area contributed by atoms with E-state index in [0.29, 0.717) is 12.0 Å². The van der Waals surface area contributed by atoms with Crippen LogP contribution in [0.1, 0.15) is 61.8 Å². The first-order chi connectivity index (χ1) is 7.51. The molecule has 1 unspecified atom stereocenters. The normalized spacial score (nSPS) is 15.7. The first-order valence-corrected chi connectivity index (χ1v) is 6.99. The Balaban J connectivity index is 4.64. The quantitative estimate of drug-likeness (QED) is 0.766. The largest absolute Gasteiger partial charge is 0.311 e. The highest BCUT2D eigenvalue weighted by Crippen LogP contribution is 2.23. The van der Waals surface area contributed by atoms with Crippen LogP contribution >= 0.6 is 0 Å². The Hall–Kier alpha value is -0.0800. The van der Waals surface area contributed by atoms with Crippen molar-refractivity contribution in [1.82, 2.24) is 10.2 Å². The van der Waals surface area contributed by atoms with Crippen molar-refractivity contribution in [3.63, 3.8) is 0 Å². The zero-order valence-electron chi connectivity index (χ0n) is 13.5. The Morgan fingerprint density at radius 2 is 1.53 bits per heavy atom. The van der Waals surface area contributed by atoms with Crippen molar-refractivity contribution in [2.75, 3.05) is 13.6 Å². The van der Waals surface area contributed by atoms with Crippen LogP contribution in [0.25, 0.3) is 0 Å². The van der Waals surface area contributed by atoms with Crippen molar-refractivity contribution >= 4 is 0 Å². The standard InChI is InChI=1S/C15H34N2/c1-10-15(7,8)17(9)13(12(2)3)11-16-14(4,5)6/h12-13,16H,10-11H2,1-9H3. The molecule has 2 nitrogen and oxygen atoms in total. The predicted octanol–water partition coefficient (Wildman–Crippen LogP) is 3.52. The van der Waals surface area contributed by atoms with E-state index >= 15 is 0 Å². The van der Waals surface area contributed by atoms with E-state index in [2.05, 4.69) is 72.7 Å². The molecule has 0 aromatic carbocycles. The molecule has 0 spiro atoms. The molecule has 0 saturated heterocycles. The van der Waals surface area contributed by atoms with Gasteiger partial charge in [-0.1, -0.05) is 20.8 Å². The summed E-state index contributed by atoms with van der Waals surface area (Å²) in [5, 5.41) is 3.64. The fourth-order valence-electron chi connectivity index (χ4n) is 1.93. The van der Waals surface area contributed by atoms with Crippen LogP contribution in [0.4, 0.5) is 0 Å². The minimum absolute atomic E-state index is 0.199. The van der Waals surface area contributed by atoms with Gasteiger partial charge in [0.15, 0.2) is 0 Å². The maximum Gasteiger partial charge on any atom is 0.0246 e. The smallest absolute Gasteiger partial charge is 0.0246 e. The highest BCUT2D eigenvalue weighted by Gasteiger charge is 2.30. The minimum atomic E-state index is 0.199. The van der Waals surface area contributed by atoms with E-state index in [1.807, 2.05) is 0 Å². The molecule has 0 heterocycles. The maximum atomic E-state index is 3.64. The van der Waals surface area contributed by atoms with Crippen LogP contribution in [0.3, 0.4) is 0 Å². The van der Waals surface area contributed by atoms with Crippen molar-refractivity contribution in [1.29, 1.82) is 0 Å². The van der Waals surface area contributed by atoms with Crippen molar-refractivity contribution in [3.05, 3.63) is 0 Å². The summed E-state index contributed by atoms with van der Waals surface area (Å²) in [6.07, 6.45) is 1.18. The van der Waals surface area contributed by atoms with Crippen LogP contribution in [-0.2, 0) is 0 Å². The molecule has 0 amide bonds. The van der Waals surface area contributed by atoms with Gasteiger partial charge in [-0.2, -0.15) is 0 Å². The predicted molar refractivity (Wildman–Crippen MR) is 78.5 cm³/mol. The molecule has 1 atom stereocenters. The van der Waals surface area contributed by atoms with Crippen LogP contribution < -0.4 is 5.32 Å². The summed E-state index contributed by atoms with van der Waals surface area (Å²) in [5.74, 6) is 0.667. The number of rotatable bonds is 6. The van der Waals surface area contributed by atoms with E-state index in [-0.39, 0.29) is 11.1 Å². The van der Waals surface area contributed by atoms with E-state index in [1.165, 1.54) is 6.42 Å². The van der Waals surface area contributed by atoms with Crippen LogP contribution in [0, 0.1) is 5.92 Å². The first-order valence-electron chi connectivity index (χ1n) is 6.99. The monoisotopic (exact) mass is 242 g/mol. The second-order valence-corrected chi connectivity index (χ2v) is 7.22. The molecule has 1 N–H and O–H groups in total. The maximum absolute atomic E-state index is 3.64. The van der Waals surface area contributed by atoms with E-state index < -0.39 is 0 Å². The molecule has 0 aliphatic carbocycles. The van der Waals surface area contributed by atoms with Crippen molar-refractivity contribution in [2.45, 2.75) is 78.9 Å². The molecule has 0 rings (SSSR count). The number of hydrogen-bond donors (Lipinski definition) is 1. The second-order valence-electron chi connectivity index (χ2n) is 7.22. The van der Waals surface area contributed by atoms with Crippen LogP contribution in [0.15, 0.2) is 0 Å². The third-order valence-corrected chi connectivity index (χ3v) is 3.93. The third-order valence-electron chi connectivity index (χ3n) is 3.93. The molecule has 0 aromatic heterocycles. The zero-order valence-corrected chi connectivity index (χ0v) is 13.5. The van der Waals surface area contributed by atoms with Gasteiger partial charge >= 0.3 is 0 Å². The molecule has 0 fully saturated rings. The Labute approximate surface area is 109 Å². The summed E-state index contributed by atoms with van der Waals surface area (Å²) in [7, 11) is 2.26. The number of hydrogen-bond acceptors (Lipinski definition) is 2. The Morgan fingerprint density at radius 3 is 1.82 bits per heavy atom. The van der Waals surface area contributed by atoms with Gasteiger partial charge in [0.2, 0.25) is 0 Å². The van der Waals surface area contributed by atoms with Gasteiger partial charge in [0.25, 0.3) is 0 Å². The summed E-state index contributed by atoms with van der Waals surface area (Å²) in [6.45, 7) is 19.3. The second kappa shape index (κ2) is 6.19. The Kier molecular flexibility index (Phi) is 6.16. The van der Waals surface area contributed by atoms with Crippen LogP contribution in [0.2, 0.25) is 0 Å². The molecule has 104 valence electrons. The fraction of sp³-hybridized carbons (Fsp3) is 1.00. The summed E-state index contributed by atoms with van der Waals surface area (Å²) < 4.78 is 0. The molecule has 2 heteroatoms. The fourth-order valence-corrected chi connectivity index (χ4v) is 1.93. The SMILES string of the molecule is CCC(C)(C)N(C)C(CNC(C)(C)C)C(C)C. The topological polar surface area (TPSA) is 15.3 Å². The average molecular weight is 242 g/mol. The van der Waals surface area contributed by atoms with E-state index in [9.17, 15) is 0 Å². The van der Waals surface area contributed by atoms with Crippen LogP contribution in [0.5, 0.6) is 0 Å². The third kappa shape index (κ3) is 5.87. The van der Waals surface area contributed by atoms with E-state index in [4.69, 9.17) is 0 Å². The molecule has 0 aromatic rings. The lowest BCUT2D eigenvalue weighted by molar-refractivity contribution is 0.0671. The molecule has 0 bridgehead atoms. The van der Waals surface area contributed by atoms with E-state index in [1.54, 1.807) is 0 Å². The van der Waals surface area contributed by atoms with Gasteiger partial charge in [-0.3, -0.25) is 4.90 Å². The lowest BCUT2D eigenvalue weighted by Gasteiger charge is -2.43. The summed E-state index contributed by atoms with van der Waals surface area (Å²) in [4.78, 5) is 2.54. The molecule has 0 radical (unpaired) electrons. The molecule has 0 saturated carbocycles.